The number of ketones is 1. The zero-order chi connectivity index (χ0) is 15.3. The van der Waals surface area contributed by atoms with Crippen LogP contribution in [0.4, 0.5) is 4.79 Å². The molecule has 0 bridgehead atoms. The molecule has 0 saturated carbocycles. The second-order valence-electron chi connectivity index (χ2n) is 5.40. The van der Waals surface area contributed by atoms with Gasteiger partial charge in [-0.05, 0) is 32.9 Å². The van der Waals surface area contributed by atoms with E-state index in [0.717, 1.165) is 10.2 Å². The number of hydrogen-bond acceptors (Lipinski definition) is 4. The Bertz CT molecular complexity index is 510. The van der Waals surface area contributed by atoms with E-state index in [1.807, 2.05) is 26.8 Å². The van der Waals surface area contributed by atoms with Crippen LogP contribution in [0.1, 0.15) is 43.9 Å². The molecule has 0 aliphatic rings. The van der Waals surface area contributed by atoms with E-state index in [9.17, 15) is 9.59 Å². The van der Waals surface area contributed by atoms with Crippen LogP contribution in [-0.4, -0.2) is 29.0 Å². The third-order valence-electron chi connectivity index (χ3n) is 2.25. The second kappa shape index (κ2) is 6.83. The van der Waals surface area contributed by atoms with E-state index in [2.05, 4.69) is 26.2 Å². The molecule has 6 heteroatoms. The monoisotopic (exact) mass is 342 g/mol. The molecule has 1 aromatic rings. The summed E-state index contributed by atoms with van der Waals surface area (Å²) >= 11 is 3.34. The molecule has 0 radical (unpaired) electrons. The number of carbonyl (C=O) groups excluding carboxylic acids is 2. The van der Waals surface area contributed by atoms with Gasteiger partial charge in [0.2, 0.25) is 0 Å². The Balaban J connectivity index is 2.54. The highest BCUT2D eigenvalue weighted by atomic mass is 79.9. The number of amides is 1. The number of carbonyl (C=O) groups is 2. The number of rotatable bonds is 4. The molecule has 0 aliphatic heterocycles. The van der Waals surface area contributed by atoms with Crippen molar-refractivity contribution in [1.29, 1.82) is 0 Å². The predicted octanol–water partition coefficient (Wildman–Crippen LogP) is 3.11. The van der Waals surface area contributed by atoms with Gasteiger partial charge in [0.1, 0.15) is 11.3 Å². The first-order valence-corrected chi connectivity index (χ1v) is 7.11. The van der Waals surface area contributed by atoms with Gasteiger partial charge in [-0.15, -0.1) is 0 Å². The Hall–Kier alpha value is -1.43. The topological polar surface area (TPSA) is 68.3 Å². The SMILES string of the molecule is CC(=O)c1cc(Br)cc(CCNC(=O)OC(C)(C)C)n1. The summed E-state index contributed by atoms with van der Waals surface area (Å²) in [5.41, 5.74) is 0.632. The number of pyridine rings is 1. The third-order valence-corrected chi connectivity index (χ3v) is 2.71. The van der Waals surface area contributed by atoms with Crippen molar-refractivity contribution in [1.82, 2.24) is 10.3 Å². The molecule has 0 aromatic carbocycles. The second-order valence-corrected chi connectivity index (χ2v) is 6.31. The summed E-state index contributed by atoms with van der Waals surface area (Å²) < 4.78 is 5.92. The highest BCUT2D eigenvalue weighted by Gasteiger charge is 2.15. The summed E-state index contributed by atoms with van der Waals surface area (Å²) in [4.78, 5) is 27.0. The van der Waals surface area contributed by atoms with Crippen LogP contribution in [0.5, 0.6) is 0 Å². The van der Waals surface area contributed by atoms with Crippen molar-refractivity contribution in [3.8, 4) is 0 Å². The molecule has 1 rings (SSSR count). The van der Waals surface area contributed by atoms with Gasteiger partial charge in [0.05, 0.1) is 0 Å². The number of nitrogens with zero attached hydrogens (tertiary/aromatic N) is 1. The molecule has 0 spiro atoms. The van der Waals surface area contributed by atoms with Crippen molar-refractivity contribution in [3.05, 3.63) is 28.0 Å². The minimum absolute atomic E-state index is 0.0901. The number of alkyl carbamates (subject to hydrolysis) is 1. The lowest BCUT2D eigenvalue weighted by Crippen LogP contribution is -2.33. The molecular weight excluding hydrogens is 324 g/mol. The van der Waals surface area contributed by atoms with Gasteiger partial charge in [0.25, 0.3) is 0 Å². The molecule has 0 unspecified atom stereocenters. The average molecular weight is 343 g/mol. The van der Waals surface area contributed by atoms with E-state index in [4.69, 9.17) is 4.74 Å². The number of hydrogen-bond donors (Lipinski definition) is 1. The predicted molar refractivity (Wildman–Crippen MR) is 79.9 cm³/mol. The minimum Gasteiger partial charge on any atom is -0.444 e. The minimum atomic E-state index is -0.514. The Kier molecular flexibility index (Phi) is 5.68. The zero-order valence-electron chi connectivity index (χ0n) is 12.1. The molecule has 0 saturated heterocycles. The van der Waals surface area contributed by atoms with Gasteiger partial charge >= 0.3 is 6.09 Å². The molecule has 0 atom stereocenters. The van der Waals surface area contributed by atoms with Crippen LogP contribution < -0.4 is 5.32 Å². The fraction of sp³-hybridized carbons (Fsp3) is 0.500. The number of ether oxygens (including phenoxy) is 1. The van der Waals surface area contributed by atoms with Crippen LogP contribution in [0.3, 0.4) is 0 Å². The van der Waals surface area contributed by atoms with Crippen LogP contribution in [0.15, 0.2) is 16.6 Å². The zero-order valence-corrected chi connectivity index (χ0v) is 13.7. The first-order valence-electron chi connectivity index (χ1n) is 6.31. The van der Waals surface area contributed by atoms with Crippen LogP contribution in [0.2, 0.25) is 0 Å². The molecule has 1 aromatic heterocycles. The third kappa shape index (κ3) is 6.14. The summed E-state index contributed by atoms with van der Waals surface area (Å²) in [6.45, 7) is 7.29. The maximum Gasteiger partial charge on any atom is 0.407 e. The molecule has 0 fully saturated rings. The van der Waals surface area contributed by atoms with Gasteiger partial charge in [0.15, 0.2) is 5.78 Å². The number of nitrogens with one attached hydrogen (secondary N) is 1. The number of Topliss-reactive ketones (excluding diaryl/α,β-unsaturated/α-hetero) is 1. The molecule has 1 amide bonds. The summed E-state index contributed by atoms with van der Waals surface area (Å²) in [5, 5.41) is 2.65. The van der Waals surface area contributed by atoms with Gasteiger partial charge < -0.3 is 10.1 Å². The largest absolute Gasteiger partial charge is 0.444 e. The van der Waals surface area contributed by atoms with Crippen molar-refractivity contribution in [2.24, 2.45) is 0 Å². The van der Waals surface area contributed by atoms with Gasteiger partial charge in [0, 0.05) is 30.1 Å². The van der Waals surface area contributed by atoms with Crippen LogP contribution in [0.25, 0.3) is 0 Å². The normalized spacial score (nSPS) is 11.1. The van der Waals surface area contributed by atoms with E-state index in [0.29, 0.717) is 18.7 Å². The summed E-state index contributed by atoms with van der Waals surface area (Å²) in [7, 11) is 0. The molecule has 110 valence electrons. The quantitative estimate of drug-likeness (QED) is 0.853. The first-order chi connectivity index (χ1) is 9.17. The lowest BCUT2D eigenvalue weighted by Gasteiger charge is -2.19. The Morgan fingerprint density at radius 2 is 2.00 bits per heavy atom. The Morgan fingerprint density at radius 1 is 1.35 bits per heavy atom. The Morgan fingerprint density at radius 3 is 2.55 bits per heavy atom. The number of halogens is 1. The van der Waals surface area contributed by atoms with E-state index < -0.39 is 11.7 Å². The fourth-order valence-electron chi connectivity index (χ4n) is 1.47. The maximum absolute atomic E-state index is 11.5. The van der Waals surface area contributed by atoms with Crippen molar-refractivity contribution in [3.63, 3.8) is 0 Å². The number of aromatic nitrogens is 1. The molecule has 20 heavy (non-hydrogen) atoms. The average Bonchev–Trinajstić information content (AvgIpc) is 2.25. The molecule has 0 aliphatic carbocycles. The van der Waals surface area contributed by atoms with Crippen molar-refractivity contribution < 1.29 is 14.3 Å². The standard InChI is InChI=1S/C14H19BrN2O3/c1-9(18)12-8-10(15)7-11(17-12)5-6-16-13(19)20-14(2,3)4/h7-8H,5-6H2,1-4H3,(H,16,19). The van der Waals surface area contributed by atoms with Crippen LogP contribution in [0, 0.1) is 0 Å². The van der Waals surface area contributed by atoms with Crippen molar-refractivity contribution >= 4 is 27.8 Å². The van der Waals surface area contributed by atoms with E-state index in [1.165, 1.54) is 6.92 Å². The lowest BCUT2D eigenvalue weighted by molar-refractivity contribution is 0.0528. The molecule has 1 heterocycles. The van der Waals surface area contributed by atoms with E-state index >= 15 is 0 Å². The Labute approximate surface area is 127 Å². The fourth-order valence-corrected chi connectivity index (χ4v) is 1.95. The van der Waals surface area contributed by atoms with E-state index in [-0.39, 0.29) is 5.78 Å². The van der Waals surface area contributed by atoms with Crippen LogP contribution >= 0.6 is 15.9 Å². The van der Waals surface area contributed by atoms with Crippen molar-refractivity contribution in [2.45, 2.75) is 39.7 Å². The van der Waals surface area contributed by atoms with Gasteiger partial charge in [-0.2, -0.15) is 0 Å². The van der Waals surface area contributed by atoms with Gasteiger partial charge in [-0.3, -0.25) is 4.79 Å². The van der Waals surface area contributed by atoms with Gasteiger partial charge in [-0.1, -0.05) is 15.9 Å². The maximum atomic E-state index is 11.5. The lowest BCUT2D eigenvalue weighted by atomic mass is 10.2. The summed E-state index contributed by atoms with van der Waals surface area (Å²) in [5.74, 6) is -0.0901. The summed E-state index contributed by atoms with van der Waals surface area (Å²) in [6, 6.07) is 3.50. The van der Waals surface area contributed by atoms with E-state index in [1.54, 1.807) is 6.07 Å². The molecule has 1 N–H and O–H groups in total. The van der Waals surface area contributed by atoms with Gasteiger partial charge in [-0.25, -0.2) is 9.78 Å². The summed E-state index contributed by atoms with van der Waals surface area (Å²) in [6.07, 6.45) is 0.0678. The first kappa shape index (κ1) is 16.6. The smallest absolute Gasteiger partial charge is 0.407 e. The van der Waals surface area contributed by atoms with Crippen LogP contribution in [-0.2, 0) is 11.2 Å². The highest BCUT2D eigenvalue weighted by Crippen LogP contribution is 2.13. The molecular formula is C14H19BrN2O3. The highest BCUT2D eigenvalue weighted by molar-refractivity contribution is 9.10. The van der Waals surface area contributed by atoms with Crippen molar-refractivity contribution in [2.75, 3.05) is 6.54 Å². The molecule has 5 nitrogen and oxygen atoms in total.